The van der Waals surface area contributed by atoms with Gasteiger partial charge < -0.3 is 4.42 Å². The molecule has 3 aromatic heterocycles. The Balaban J connectivity index is 1.94. The van der Waals surface area contributed by atoms with Gasteiger partial charge in [-0.25, -0.2) is 14.5 Å². The lowest BCUT2D eigenvalue weighted by Crippen LogP contribution is -1.95. The van der Waals surface area contributed by atoms with Gasteiger partial charge in [-0.1, -0.05) is 18.2 Å². The second-order valence-corrected chi connectivity index (χ2v) is 6.15. The van der Waals surface area contributed by atoms with Crippen molar-refractivity contribution in [3.8, 4) is 0 Å². The number of aryl methyl sites for hydroxylation is 3. The SMILES string of the molecule is Cc1cc2nc(Sc3nc(C)c(C)o3)c3ccccc3n2n1. The second kappa shape index (κ2) is 4.84. The quantitative estimate of drug-likeness (QED) is 0.525. The van der Waals surface area contributed by atoms with E-state index >= 15 is 0 Å². The topological polar surface area (TPSA) is 56.2 Å². The molecule has 0 N–H and O–H groups in total. The van der Waals surface area contributed by atoms with Crippen LogP contribution in [0.1, 0.15) is 17.1 Å². The Hall–Kier alpha value is -2.34. The van der Waals surface area contributed by atoms with Gasteiger partial charge >= 0.3 is 0 Å². The smallest absolute Gasteiger partial charge is 0.262 e. The third-order valence-electron chi connectivity index (χ3n) is 3.58. The van der Waals surface area contributed by atoms with E-state index in [1.54, 1.807) is 0 Å². The largest absolute Gasteiger partial charge is 0.436 e. The Bertz CT molecular complexity index is 983. The van der Waals surface area contributed by atoms with E-state index in [0.717, 1.165) is 38.7 Å². The fourth-order valence-electron chi connectivity index (χ4n) is 2.39. The van der Waals surface area contributed by atoms with E-state index in [-0.39, 0.29) is 0 Å². The summed E-state index contributed by atoms with van der Waals surface area (Å²) in [5.41, 5.74) is 3.72. The summed E-state index contributed by atoms with van der Waals surface area (Å²) in [4.78, 5) is 9.15. The van der Waals surface area contributed by atoms with Crippen LogP contribution in [0.2, 0.25) is 0 Å². The maximum atomic E-state index is 5.67. The number of hydrogen-bond donors (Lipinski definition) is 0. The van der Waals surface area contributed by atoms with E-state index in [0.29, 0.717) is 5.22 Å². The lowest BCUT2D eigenvalue weighted by molar-refractivity contribution is 0.431. The first-order valence-electron chi connectivity index (χ1n) is 6.99. The summed E-state index contributed by atoms with van der Waals surface area (Å²) in [6, 6.07) is 10.1. The molecule has 0 bridgehead atoms. The average Bonchev–Trinajstić information content (AvgIpc) is 3.01. The summed E-state index contributed by atoms with van der Waals surface area (Å²) >= 11 is 1.45. The van der Waals surface area contributed by atoms with Crippen LogP contribution in [-0.4, -0.2) is 19.6 Å². The predicted octanol–water partition coefficient (Wildman–Crippen LogP) is 3.95. The monoisotopic (exact) mass is 310 g/mol. The molecule has 0 spiro atoms. The summed E-state index contributed by atoms with van der Waals surface area (Å²) in [7, 11) is 0. The van der Waals surface area contributed by atoms with Crippen LogP contribution in [0.5, 0.6) is 0 Å². The van der Waals surface area contributed by atoms with Crippen molar-refractivity contribution in [3.63, 3.8) is 0 Å². The summed E-state index contributed by atoms with van der Waals surface area (Å²) < 4.78 is 7.55. The minimum atomic E-state index is 0.619. The molecule has 0 aliphatic carbocycles. The minimum absolute atomic E-state index is 0.619. The molecule has 3 heterocycles. The molecule has 0 radical (unpaired) electrons. The highest BCUT2D eigenvalue weighted by molar-refractivity contribution is 7.99. The summed E-state index contributed by atoms with van der Waals surface area (Å²) in [6.07, 6.45) is 0. The fourth-order valence-corrected chi connectivity index (χ4v) is 3.33. The number of hydrogen-bond acceptors (Lipinski definition) is 5. The standard InChI is InChI=1S/C16H14N4OS/c1-9-8-14-18-15(22-16-17-10(2)11(3)21-16)12-6-4-5-7-13(12)20(14)19-9/h4-8H,1-3H3. The maximum Gasteiger partial charge on any atom is 0.262 e. The van der Waals surface area contributed by atoms with Crippen LogP contribution in [0.25, 0.3) is 16.6 Å². The van der Waals surface area contributed by atoms with Gasteiger partial charge in [-0.15, -0.1) is 0 Å². The molecule has 0 saturated heterocycles. The molecule has 0 aliphatic heterocycles. The van der Waals surface area contributed by atoms with E-state index in [1.807, 2.05) is 55.6 Å². The first-order chi connectivity index (χ1) is 10.6. The van der Waals surface area contributed by atoms with Gasteiger partial charge in [0.2, 0.25) is 0 Å². The Morgan fingerprint density at radius 2 is 1.91 bits per heavy atom. The lowest BCUT2D eigenvalue weighted by atomic mass is 10.2. The number of oxazole rings is 1. The van der Waals surface area contributed by atoms with Gasteiger partial charge in [-0.2, -0.15) is 5.10 Å². The Morgan fingerprint density at radius 3 is 2.68 bits per heavy atom. The molecule has 6 heteroatoms. The third kappa shape index (κ3) is 2.07. The van der Waals surface area contributed by atoms with Crippen LogP contribution in [0.4, 0.5) is 0 Å². The highest BCUT2D eigenvalue weighted by atomic mass is 32.2. The number of rotatable bonds is 2. The van der Waals surface area contributed by atoms with Crippen LogP contribution in [0.15, 0.2) is 45.0 Å². The van der Waals surface area contributed by atoms with Gasteiger partial charge in [0, 0.05) is 11.5 Å². The van der Waals surface area contributed by atoms with E-state index < -0.39 is 0 Å². The number of para-hydroxylation sites is 1. The van der Waals surface area contributed by atoms with Gasteiger partial charge in [0.25, 0.3) is 5.22 Å². The first-order valence-corrected chi connectivity index (χ1v) is 7.80. The Morgan fingerprint density at radius 1 is 1.09 bits per heavy atom. The van der Waals surface area contributed by atoms with Crippen molar-refractivity contribution in [1.29, 1.82) is 0 Å². The van der Waals surface area contributed by atoms with E-state index in [1.165, 1.54) is 11.8 Å². The Kier molecular flexibility index (Phi) is 2.94. The number of aromatic nitrogens is 4. The summed E-state index contributed by atoms with van der Waals surface area (Å²) in [5.74, 6) is 0.841. The molecule has 0 fully saturated rings. The molecular formula is C16H14N4OS. The zero-order valence-corrected chi connectivity index (χ0v) is 13.3. The molecule has 4 rings (SSSR count). The first kappa shape index (κ1) is 13.3. The van der Waals surface area contributed by atoms with Crippen molar-refractivity contribution in [3.05, 3.63) is 47.5 Å². The molecule has 5 nitrogen and oxygen atoms in total. The van der Waals surface area contributed by atoms with Crippen LogP contribution in [0, 0.1) is 20.8 Å². The fraction of sp³-hybridized carbons (Fsp3) is 0.188. The van der Waals surface area contributed by atoms with Crippen LogP contribution in [-0.2, 0) is 0 Å². The second-order valence-electron chi connectivity index (χ2n) is 5.21. The number of benzene rings is 1. The maximum absolute atomic E-state index is 5.67. The predicted molar refractivity (Wildman–Crippen MR) is 85.3 cm³/mol. The van der Waals surface area contributed by atoms with E-state index in [4.69, 9.17) is 9.40 Å². The summed E-state index contributed by atoms with van der Waals surface area (Å²) in [6.45, 7) is 5.83. The van der Waals surface area contributed by atoms with Crippen molar-refractivity contribution in [2.45, 2.75) is 31.0 Å². The van der Waals surface area contributed by atoms with Crippen molar-refractivity contribution in [1.82, 2.24) is 19.6 Å². The van der Waals surface area contributed by atoms with Crippen LogP contribution >= 0.6 is 11.8 Å². The number of fused-ring (bicyclic) bond motifs is 3. The molecule has 1 aromatic carbocycles. The van der Waals surface area contributed by atoms with Gasteiger partial charge in [-0.3, -0.25) is 0 Å². The molecule has 0 atom stereocenters. The molecule has 4 aromatic rings. The molecule has 0 unspecified atom stereocenters. The molecule has 0 saturated carbocycles. The van der Waals surface area contributed by atoms with Gasteiger partial charge in [-0.05, 0) is 38.6 Å². The highest BCUT2D eigenvalue weighted by Gasteiger charge is 2.14. The molecular weight excluding hydrogens is 296 g/mol. The van der Waals surface area contributed by atoms with Crippen molar-refractivity contribution in [2.75, 3.05) is 0 Å². The number of nitrogens with zero attached hydrogens (tertiary/aromatic N) is 4. The zero-order valence-electron chi connectivity index (χ0n) is 12.5. The minimum Gasteiger partial charge on any atom is -0.436 e. The summed E-state index contributed by atoms with van der Waals surface area (Å²) in [5, 5.41) is 7.05. The van der Waals surface area contributed by atoms with Crippen molar-refractivity contribution < 1.29 is 4.42 Å². The van der Waals surface area contributed by atoms with Crippen molar-refractivity contribution in [2.24, 2.45) is 0 Å². The third-order valence-corrected chi connectivity index (χ3v) is 4.44. The van der Waals surface area contributed by atoms with Crippen LogP contribution < -0.4 is 0 Å². The van der Waals surface area contributed by atoms with Gasteiger partial charge in [0.15, 0.2) is 5.65 Å². The molecule has 22 heavy (non-hydrogen) atoms. The van der Waals surface area contributed by atoms with E-state index in [2.05, 4.69) is 10.1 Å². The molecule has 0 aliphatic rings. The highest BCUT2D eigenvalue weighted by Crippen LogP contribution is 2.33. The van der Waals surface area contributed by atoms with Crippen molar-refractivity contribution >= 4 is 28.3 Å². The molecule has 110 valence electrons. The molecule has 0 amide bonds. The Labute approximate surface area is 131 Å². The van der Waals surface area contributed by atoms with E-state index in [9.17, 15) is 0 Å². The lowest BCUT2D eigenvalue weighted by Gasteiger charge is -2.05. The zero-order chi connectivity index (χ0) is 15.3. The average molecular weight is 310 g/mol. The normalized spacial score (nSPS) is 11.6. The van der Waals surface area contributed by atoms with Gasteiger partial charge in [0.05, 0.1) is 16.9 Å². The van der Waals surface area contributed by atoms with Gasteiger partial charge in [0.1, 0.15) is 10.8 Å². The van der Waals surface area contributed by atoms with Crippen LogP contribution in [0.3, 0.4) is 0 Å².